The zero-order valence-electron chi connectivity index (χ0n) is 13.9. The number of aromatic nitrogens is 1. The molecule has 3 aromatic rings. The highest BCUT2D eigenvalue weighted by atomic mass is 35.5. The van der Waals surface area contributed by atoms with Gasteiger partial charge in [-0.2, -0.15) is 0 Å². The summed E-state index contributed by atoms with van der Waals surface area (Å²) in [7, 11) is -3.26. The van der Waals surface area contributed by atoms with Crippen LogP contribution in [0, 0.1) is 5.82 Å². The number of anilines is 3. The summed E-state index contributed by atoms with van der Waals surface area (Å²) >= 11 is 6.90. The van der Waals surface area contributed by atoms with Crippen molar-refractivity contribution >= 4 is 55.2 Å². The largest absolute Gasteiger partial charge is 0.332 e. The van der Waals surface area contributed by atoms with E-state index in [2.05, 4.69) is 15.6 Å². The molecule has 0 unspecified atom stereocenters. The van der Waals surface area contributed by atoms with Crippen molar-refractivity contribution in [2.45, 2.75) is 4.90 Å². The lowest BCUT2D eigenvalue weighted by Gasteiger charge is -2.05. The third-order valence-electron chi connectivity index (χ3n) is 3.45. The standard InChI is InChI=1S/C17H13ClFN3O3S2/c1-27(24,25)12-5-2-10(3-6-12)21-17-22-15(9-26-17)16(23)20-11-4-7-14(19)13(18)8-11/h2-9H,1H3,(H,20,23)(H,21,22). The molecule has 0 aliphatic rings. The molecule has 6 nitrogen and oxygen atoms in total. The van der Waals surface area contributed by atoms with E-state index in [1.807, 2.05) is 0 Å². The fraction of sp³-hybridized carbons (Fsp3) is 0.0588. The second-order valence-electron chi connectivity index (χ2n) is 5.54. The second-order valence-corrected chi connectivity index (χ2v) is 8.82. The Labute approximate surface area is 163 Å². The first-order chi connectivity index (χ1) is 12.7. The Morgan fingerprint density at radius 1 is 1.15 bits per heavy atom. The molecular weight excluding hydrogens is 413 g/mol. The van der Waals surface area contributed by atoms with Gasteiger partial charge < -0.3 is 10.6 Å². The first kappa shape index (κ1) is 19.3. The number of benzene rings is 2. The van der Waals surface area contributed by atoms with Gasteiger partial charge in [0.15, 0.2) is 15.0 Å². The van der Waals surface area contributed by atoms with Crippen LogP contribution in [0.2, 0.25) is 5.02 Å². The minimum atomic E-state index is -3.26. The molecule has 10 heteroatoms. The quantitative estimate of drug-likeness (QED) is 0.635. The summed E-state index contributed by atoms with van der Waals surface area (Å²) in [5.74, 6) is -1.04. The van der Waals surface area contributed by atoms with Crippen molar-refractivity contribution in [2.75, 3.05) is 16.9 Å². The van der Waals surface area contributed by atoms with E-state index in [0.29, 0.717) is 16.5 Å². The predicted octanol–water partition coefficient (Wildman–Crippen LogP) is 4.34. The van der Waals surface area contributed by atoms with Crippen molar-refractivity contribution in [2.24, 2.45) is 0 Å². The van der Waals surface area contributed by atoms with Crippen molar-refractivity contribution in [3.05, 3.63) is 64.4 Å². The van der Waals surface area contributed by atoms with Crippen molar-refractivity contribution in [3.8, 4) is 0 Å². The van der Waals surface area contributed by atoms with Gasteiger partial charge in [0.25, 0.3) is 5.91 Å². The molecule has 0 atom stereocenters. The maximum Gasteiger partial charge on any atom is 0.275 e. The molecule has 27 heavy (non-hydrogen) atoms. The minimum absolute atomic E-state index is 0.0917. The molecule has 0 aliphatic carbocycles. The molecule has 1 amide bonds. The Kier molecular flexibility index (Phi) is 5.45. The topological polar surface area (TPSA) is 88.2 Å². The number of sulfone groups is 1. The summed E-state index contributed by atoms with van der Waals surface area (Å²) in [5, 5.41) is 7.52. The Bertz CT molecular complexity index is 1100. The number of thiazole rings is 1. The highest BCUT2D eigenvalue weighted by molar-refractivity contribution is 7.90. The minimum Gasteiger partial charge on any atom is -0.332 e. The van der Waals surface area contributed by atoms with Gasteiger partial charge in [0.05, 0.1) is 9.92 Å². The van der Waals surface area contributed by atoms with Crippen LogP contribution in [0.4, 0.5) is 20.9 Å². The smallest absolute Gasteiger partial charge is 0.275 e. The molecule has 2 aromatic carbocycles. The van der Waals surface area contributed by atoms with Crippen LogP contribution >= 0.6 is 22.9 Å². The van der Waals surface area contributed by atoms with Gasteiger partial charge in [0.1, 0.15) is 11.5 Å². The lowest BCUT2D eigenvalue weighted by Crippen LogP contribution is -2.12. The number of carbonyl (C=O) groups is 1. The summed E-state index contributed by atoms with van der Waals surface area (Å²) in [6.07, 6.45) is 1.13. The van der Waals surface area contributed by atoms with Crippen LogP contribution in [0.25, 0.3) is 0 Å². The van der Waals surface area contributed by atoms with Gasteiger partial charge in [-0.1, -0.05) is 11.6 Å². The lowest BCUT2D eigenvalue weighted by atomic mass is 10.3. The maximum absolute atomic E-state index is 13.2. The summed E-state index contributed by atoms with van der Waals surface area (Å²) in [6, 6.07) is 10.0. The summed E-state index contributed by atoms with van der Waals surface area (Å²) < 4.78 is 36.1. The predicted molar refractivity (Wildman–Crippen MR) is 104 cm³/mol. The second kappa shape index (κ2) is 7.63. The van der Waals surface area contributed by atoms with E-state index >= 15 is 0 Å². The Hall–Kier alpha value is -2.49. The number of hydrogen-bond acceptors (Lipinski definition) is 6. The van der Waals surface area contributed by atoms with E-state index < -0.39 is 21.6 Å². The Morgan fingerprint density at radius 2 is 1.81 bits per heavy atom. The molecule has 0 spiro atoms. The van der Waals surface area contributed by atoms with Crippen molar-refractivity contribution in [1.29, 1.82) is 0 Å². The number of halogens is 2. The Morgan fingerprint density at radius 3 is 2.44 bits per heavy atom. The molecule has 3 rings (SSSR count). The summed E-state index contributed by atoms with van der Waals surface area (Å²) in [4.78, 5) is 16.6. The normalized spacial score (nSPS) is 11.2. The monoisotopic (exact) mass is 425 g/mol. The third kappa shape index (κ3) is 4.82. The van der Waals surface area contributed by atoms with Crippen LogP contribution in [-0.2, 0) is 9.84 Å². The molecule has 0 aliphatic heterocycles. The van der Waals surface area contributed by atoms with Crippen molar-refractivity contribution in [3.63, 3.8) is 0 Å². The van der Waals surface area contributed by atoms with Gasteiger partial charge in [-0.3, -0.25) is 4.79 Å². The van der Waals surface area contributed by atoms with E-state index in [-0.39, 0.29) is 15.6 Å². The number of hydrogen-bond donors (Lipinski definition) is 2. The average Bonchev–Trinajstić information content (AvgIpc) is 3.06. The molecule has 0 bridgehead atoms. The van der Waals surface area contributed by atoms with Crippen LogP contribution in [0.5, 0.6) is 0 Å². The highest BCUT2D eigenvalue weighted by Gasteiger charge is 2.13. The van der Waals surface area contributed by atoms with Gasteiger partial charge in [-0.15, -0.1) is 11.3 Å². The third-order valence-corrected chi connectivity index (χ3v) is 5.62. The van der Waals surface area contributed by atoms with Crippen molar-refractivity contribution in [1.82, 2.24) is 4.98 Å². The summed E-state index contributed by atoms with van der Waals surface area (Å²) in [5.41, 5.74) is 1.16. The van der Waals surface area contributed by atoms with Gasteiger partial charge in [0.2, 0.25) is 0 Å². The zero-order chi connectivity index (χ0) is 19.6. The van der Waals surface area contributed by atoms with Crippen LogP contribution in [0.3, 0.4) is 0 Å². The molecule has 1 aromatic heterocycles. The zero-order valence-corrected chi connectivity index (χ0v) is 16.3. The fourth-order valence-corrected chi connectivity index (χ4v) is 3.64. The first-order valence-electron chi connectivity index (χ1n) is 7.51. The molecule has 0 saturated heterocycles. The molecule has 140 valence electrons. The van der Waals surface area contributed by atoms with Gasteiger partial charge in [-0.05, 0) is 42.5 Å². The number of amides is 1. The van der Waals surface area contributed by atoms with Crippen LogP contribution < -0.4 is 10.6 Å². The van der Waals surface area contributed by atoms with E-state index in [9.17, 15) is 17.6 Å². The summed E-state index contributed by atoms with van der Waals surface area (Å²) in [6.45, 7) is 0. The molecule has 2 N–H and O–H groups in total. The molecule has 0 fully saturated rings. The number of carbonyl (C=O) groups excluding carboxylic acids is 1. The average molecular weight is 426 g/mol. The highest BCUT2D eigenvalue weighted by Crippen LogP contribution is 2.24. The van der Waals surface area contributed by atoms with E-state index in [1.165, 1.54) is 35.6 Å². The van der Waals surface area contributed by atoms with Crippen LogP contribution in [-0.4, -0.2) is 25.6 Å². The number of rotatable bonds is 5. The number of nitrogens with zero attached hydrogens (tertiary/aromatic N) is 1. The molecular formula is C17H13ClFN3O3S2. The lowest BCUT2D eigenvalue weighted by molar-refractivity contribution is 0.102. The fourth-order valence-electron chi connectivity index (χ4n) is 2.11. The van der Waals surface area contributed by atoms with Gasteiger partial charge in [0, 0.05) is 23.0 Å². The van der Waals surface area contributed by atoms with E-state index in [1.54, 1.807) is 17.5 Å². The van der Waals surface area contributed by atoms with Crippen LogP contribution in [0.1, 0.15) is 10.5 Å². The molecule has 1 heterocycles. The van der Waals surface area contributed by atoms with Crippen LogP contribution in [0.15, 0.2) is 52.7 Å². The maximum atomic E-state index is 13.2. The Balaban J connectivity index is 1.68. The molecule has 0 saturated carbocycles. The van der Waals surface area contributed by atoms with Crippen molar-refractivity contribution < 1.29 is 17.6 Å². The van der Waals surface area contributed by atoms with E-state index in [0.717, 1.165) is 12.3 Å². The first-order valence-corrected chi connectivity index (χ1v) is 10.7. The van der Waals surface area contributed by atoms with Gasteiger partial charge >= 0.3 is 0 Å². The van der Waals surface area contributed by atoms with Gasteiger partial charge in [-0.25, -0.2) is 17.8 Å². The SMILES string of the molecule is CS(=O)(=O)c1ccc(Nc2nc(C(=O)Nc3ccc(F)c(Cl)c3)cs2)cc1. The number of nitrogens with one attached hydrogen (secondary N) is 2. The van der Waals surface area contributed by atoms with E-state index in [4.69, 9.17) is 11.6 Å². The molecule has 0 radical (unpaired) electrons.